The summed E-state index contributed by atoms with van der Waals surface area (Å²) in [6, 6.07) is -1.17. The fraction of sp³-hybridized carbons (Fsp3) is 0.800. The molecule has 0 aromatic rings. The van der Waals surface area contributed by atoms with Gasteiger partial charge in [0.1, 0.15) is 11.6 Å². The number of amides is 2. The molecule has 0 saturated heterocycles. The third kappa shape index (κ3) is 12.4. The number of rotatable bonds is 10. The van der Waals surface area contributed by atoms with Crippen molar-refractivity contribution in [1.82, 2.24) is 10.6 Å². The number of nitrogens with one attached hydrogen (secondary N) is 2. The predicted octanol–water partition coefficient (Wildman–Crippen LogP) is 1.29. The zero-order chi connectivity index (χ0) is 17.9. The Bertz CT molecular complexity index is 392. The van der Waals surface area contributed by atoms with Crippen LogP contribution in [0.2, 0.25) is 0 Å². The standard InChI is InChI=1S/C15H28N2O6/c1-5-22-10-6-9-16-12(18)8-7-11(13(19)20)17-14(21)23-15(2,3)4/h11H,5-10H2,1-4H3,(H,16,18)(H,17,21)(H,19,20). The molecule has 0 rings (SSSR count). The molecule has 0 aliphatic heterocycles. The fourth-order valence-corrected chi connectivity index (χ4v) is 1.62. The van der Waals surface area contributed by atoms with Gasteiger partial charge in [0.2, 0.25) is 5.91 Å². The number of carboxylic acid groups (broad SMARTS) is 1. The van der Waals surface area contributed by atoms with Crippen LogP contribution >= 0.6 is 0 Å². The minimum atomic E-state index is -1.21. The monoisotopic (exact) mass is 332 g/mol. The van der Waals surface area contributed by atoms with Crippen molar-refractivity contribution in [2.75, 3.05) is 19.8 Å². The van der Waals surface area contributed by atoms with Gasteiger partial charge < -0.3 is 25.2 Å². The molecule has 23 heavy (non-hydrogen) atoms. The van der Waals surface area contributed by atoms with E-state index in [9.17, 15) is 14.4 Å². The van der Waals surface area contributed by atoms with E-state index in [0.717, 1.165) is 0 Å². The summed E-state index contributed by atoms with van der Waals surface area (Å²) in [5, 5.41) is 14.0. The molecule has 3 N–H and O–H groups in total. The lowest BCUT2D eigenvalue weighted by Gasteiger charge is -2.21. The largest absolute Gasteiger partial charge is 0.480 e. The van der Waals surface area contributed by atoms with Crippen molar-refractivity contribution in [3.63, 3.8) is 0 Å². The van der Waals surface area contributed by atoms with Crippen LogP contribution in [-0.4, -0.2) is 54.5 Å². The molecule has 0 aliphatic carbocycles. The van der Waals surface area contributed by atoms with Gasteiger partial charge in [-0.2, -0.15) is 0 Å². The summed E-state index contributed by atoms with van der Waals surface area (Å²) in [6.07, 6.45) is -0.132. The first-order valence-electron chi connectivity index (χ1n) is 7.72. The molecule has 2 amide bonds. The Hall–Kier alpha value is -1.83. The lowest BCUT2D eigenvalue weighted by atomic mass is 10.1. The predicted molar refractivity (Wildman–Crippen MR) is 84.1 cm³/mol. The maximum atomic E-state index is 11.6. The van der Waals surface area contributed by atoms with Crippen molar-refractivity contribution in [1.29, 1.82) is 0 Å². The van der Waals surface area contributed by atoms with E-state index >= 15 is 0 Å². The Morgan fingerprint density at radius 1 is 1.22 bits per heavy atom. The molecule has 0 fully saturated rings. The zero-order valence-corrected chi connectivity index (χ0v) is 14.3. The third-order valence-electron chi connectivity index (χ3n) is 2.64. The molecule has 0 spiro atoms. The summed E-state index contributed by atoms with van der Waals surface area (Å²) in [5.74, 6) is -1.47. The summed E-state index contributed by atoms with van der Waals surface area (Å²) in [5.41, 5.74) is -0.717. The highest BCUT2D eigenvalue weighted by Crippen LogP contribution is 2.07. The van der Waals surface area contributed by atoms with Crippen molar-refractivity contribution in [3.05, 3.63) is 0 Å². The Labute approximate surface area is 136 Å². The van der Waals surface area contributed by atoms with Gasteiger partial charge in [-0.25, -0.2) is 9.59 Å². The summed E-state index contributed by atoms with van der Waals surface area (Å²) >= 11 is 0. The lowest BCUT2D eigenvalue weighted by Crippen LogP contribution is -2.44. The average Bonchev–Trinajstić information content (AvgIpc) is 2.40. The highest BCUT2D eigenvalue weighted by Gasteiger charge is 2.24. The van der Waals surface area contributed by atoms with Gasteiger partial charge in [-0.05, 0) is 40.5 Å². The molecular weight excluding hydrogens is 304 g/mol. The second-order valence-electron chi connectivity index (χ2n) is 5.98. The molecule has 8 heteroatoms. The number of ether oxygens (including phenoxy) is 2. The van der Waals surface area contributed by atoms with Crippen LogP contribution < -0.4 is 10.6 Å². The van der Waals surface area contributed by atoms with Crippen LogP contribution in [0, 0.1) is 0 Å². The van der Waals surface area contributed by atoms with Crippen LogP contribution in [0.25, 0.3) is 0 Å². The van der Waals surface area contributed by atoms with Crippen molar-refractivity contribution in [2.45, 2.75) is 58.6 Å². The van der Waals surface area contributed by atoms with Gasteiger partial charge in [-0.1, -0.05) is 0 Å². The highest BCUT2D eigenvalue weighted by molar-refractivity contribution is 5.81. The minimum Gasteiger partial charge on any atom is -0.480 e. The molecule has 8 nitrogen and oxygen atoms in total. The van der Waals surface area contributed by atoms with Gasteiger partial charge in [-0.15, -0.1) is 0 Å². The van der Waals surface area contributed by atoms with E-state index in [0.29, 0.717) is 26.2 Å². The van der Waals surface area contributed by atoms with Crippen molar-refractivity contribution < 1.29 is 29.0 Å². The maximum absolute atomic E-state index is 11.6. The molecule has 1 atom stereocenters. The molecule has 134 valence electrons. The molecule has 0 aliphatic rings. The lowest BCUT2D eigenvalue weighted by molar-refractivity contribution is -0.139. The number of aliphatic carboxylic acids is 1. The van der Waals surface area contributed by atoms with E-state index in [1.165, 1.54) is 0 Å². The molecule has 0 heterocycles. The van der Waals surface area contributed by atoms with Gasteiger partial charge in [0, 0.05) is 26.2 Å². The Balaban J connectivity index is 4.11. The van der Waals surface area contributed by atoms with Gasteiger partial charge in [0.25, 0.3) is 0 Å². The summed E-state index contributed by atoms with van der Waals surface area (Å²) in [7, 11) is 0. The topological polar surface area (TPSA) is 114 Å². The number of carbonyl (C=O) groups is 3. The van der Waals surface area contributed by atoms with E-state index in [1.807, 2.05) is 6.92 Å². The number of hydrogen-bond acceptors (Lipinski definition) is 5. The summed E-state index contributed by atoms with van der Waals surface area (Å²) < 4.78 is 10.1. The minimum absolute atomic E-state index is 0.00139. The Morgan fingerprint density at radius 3 is 2.39 bits per heavy atom. The summed E-state index contributed by atoms with van der Waals surface area (Å²) in [4.78, 5) is 34.3. The van der Waals surface area contributed by atoms with E-state index in [2.05, 4.69) is 10.6 Å². The van der Waals surface area contributed by atoms with Crippen LogP contribution in [0.5, 0.6) is 0 Å². The maximum Gasteiger partial charge on any atom is 0.408 e. The van der Waals surface area contributed by atoms with E-state index in [1.54, 1.807) is 20.8 Å². The number of carboxylic acids is 1. The smallest absolute Gasteiger partial charge is 0.408 e. The van der Waals surface area contributed by atoms with Crippen LogP contribution in [0.3, 0.4) is 0 Å². The number of carbonyl (C=O) groups excluding carboxylic acids is 2. The van der Waals surface area contributed by atoms with Gasteiger partial charge >= 0.3 is 12.1 Å². The third-order valence-corrected chi connectivity index (χ3v) is 2.64. The highest BCUT2D eigenvalue weighted by atomic mass is 16.6. The zero-order valence-electron chi connectivity index (χ0n) is 14.3. The van der Waals surface area contributed by atoms with E-state index in [-0.39, 0.29) is 18.7 Å². The fourth-order valence-electron chi connectivity index (χ4n) is 1.62. The second kappa shape index (κ2) is 10.8. The second-order valence-corrected chi connectivity index (χ2v) is 5.98. The van der Waals surface area contributed by atoms with Crippen LogP contribution in [0.1, 0.15) is 47.0 Å². The first-order chi connectivity index (χ1) is 10.7. The van der Waals surface area contributed by atoms with Crippen molar-refractivity contribution in [3.8, 4) is 0 Å². The first-order valence-corrected chi connectivity index (χ1v) is 7.72. The Kier molecular flexibility index (Phi) is 9.96. The van der Waals surface area contributed by atoms with Crippen LogP contribution in [0.4, 0.5) is 4.79 Å². The average molecular weight is 332 g/mol. The molecule has 0 aromatic carbocycles. The van der Waals surface area contributed by atoms with E-state index < -0.39 is 23.7 Å². The van der Waals surface area contributed by atoms with Crippen molar-refractivity contribution >= 4 is 18.0 Å². The quantitative estimate of drug-likeness (QED) is 0.519. The molecule has 0 saturated carbocycles. The number of hydrogen-bond donors (Lipinski definition) is 3. The first kappa shape index (κ1) is 21.2. The molecule has 0 bridgehead atoms. The SMILES string of the molecule is CCOCCCNC(=O)CCC(NC(=O)OC(C)(C)C)C(=O)O. The normalized spacial score (nSPS) is 12.3. The van der Waals surface area contributed by atoms with Gasteiger partial charge in [0.15, 0.2) is 0 Å². The summed E-state index contributed by atoms with van der Waals surface area (Å²) in [6.45, 7) is 8.59. The molecule has 0 aromatic heterocycles. The van der Waals surface area contributed by atoms with Crippen molar-refractivity contribution in [2.24, 2.45) is 0 Å². The number of alkyl carbamates (subject to hydrolysis) is 1. The molecule has 0 radical (unpaired) electrons. The Morgan fingerprint density at radius 2 is 1.87 bits per heavy atom. The molecular formula is C15H28N2O6. The molecule has 1 unspecified atom stereocenters. The van der Waals surface area contributed by atoms with Gasteiger partial charge in [-0.3, -0.25) is 4.79 Å². The van der Waals surface area contributed by atoms with Crippen LogP contribution in [0.15, 0.2) is 0 Å². The van der Waals surface area contributed by atoms with E-state index in [4.69, 9.17) is 14.6 Å². The van der Waals surface area contributed by atoms with Gasteiger partial charge in [0.05, 0.1) is 0 Å². The van der Waals surface area contributed by atoms with Crippen LogP contribution in [-0.2, 0) is 19.1 Å².